The Kier molecular flexibility index (Phi) is 5.19. The van der Waals surface area contributed by atoms with Crippen LogP contribution in [0.25, 0.3) is 11.1 Å². The molecule has 0 radical (unpaired) electrons. The van der Waals surface area contributed by atoms with Crippen LogP contribution in [-0.2, 0) is 12.8 Å². The Hall–Kier alpha value is -1.63. The van der Waals surface area contributed by atoms with Crippen LogP contribution in [0, 0.1) is 17.7 Å². The number of rotatable bonds is 7. The summed E-state index contributed by atoms with van der Waals surface area (Å²) < 4.78 is 48.6. The predicted octanol–water partition coefficient (Wildman–Crippen LogP) is 7.59. The highest BCUT2D eigenvalue weighted by molar-refractivity contribution is 5.64. The zero-order valence-electron chi connectivity index (χ0n) is 20.1. The average molecular weight is 357 g/mol. The Morgan fingerprint density at radius 3 is 2.31 bits per heavy atom. The minimum Gasteiger partial charge on any atom is -0.206 e. The molecule has 0 unspecified atom stereocenters. The van der Waals surface area contributed by atoms with E-state index in [1.54, 1.807) is 12.1 Å². The molecule has 0 bridgehead atoms. The van der Waals surface area contributed by atoms with Gasteiger partial charge in [-0.2, -0.15) is 0 Å². The maximum atomic E-state index is 15.2. The molecular formula is C25H33F. The van der Waals surface area contributed by atoms with E-state index in [4.69, 9.17) is 5.48 Å². The highest BCUT2D eigenvalue weighted by atomic mass is 19.1. The van der Waals surface area contributed by atoms with Crippen LogP contribution in [0.4, 0.5) is 4.39 Å². The molecule has 1 saturated carbocycles. The third kappa shape index (κ3) is 4.96. The standard InChI is InChI=1S/C25H33F/c1-3-5-20-6-8-21(9-7-20)10-11-22-14-17-24(25(26)18-22)23-15-12-19(4-2)13-16-23/h12-18,20-21H,3-11H2,1-2H3/i14D,15D,17D,18D. The first-order valence-electron chi connectivity index (χ1n) is 12.2. The van der Waals surface area contributed by atoms with Gasteiger partial charge in [0, 0.05) is 5.56 Å². The lowest BCUT2D eigenvalue weighted by Gasteiger charge is -2.28. The molecule has 140 valence electrons. The van der Waals surface area contributed by atoms with Crippen molar-refractivity contribution < 1.29 is 9.87 Å². The number of halogens is 1. The SMILES string of the molecule is [2H]c1cc(CC)ccc1-c1c([2H])c([2H])c(CCC2CCC(CCC)CC2)c([2H])c1F. The summed E-state index contributed by atoms with van der Waals surface area (Å²) in [5.74, 6) is 0.630. The van der Waals surface area contributed by atoms with Gasteiger partial charge in [0.1, 0.15) is 5.82 Å². The molecule has 0 heterocycles. The topological polar surface area (TPSA) is 0 Å². The lowest BCUT2D eigenvalue weighted by molar-refractivity contribution is 0.252. The molecule has 1 aliphatic rings. The zero-order valence-corrected chi connectivity index (χ0v) is 16.1. The molecule has 0 aromatic heterocycles. The van der Waals surface area contributed by atoms with Crippen LogP contribution in [0.1, 0.15) is 75.4 Å². The van der Waals surface area contributed by atoms with Gasteiger partial charge in [-0.05, 0) is 53.8 Å². The first kappa shape index (κ1) is 14.4. The number of aryl methyl sites for hydroxylation is 1. The van der Waals surface area contributed by atoms with Crippen molar-refractivity contribution in [3.63, 3.8) is 0 Å². The normalized spacial score (nSPS) is 22.4. The molecule has 0 atom stereocenters. The smallest absolute Gasteiger partial charge is 0.131 e. The minimum atomic E-state index is -0.768. The third-order valence-electron chi connectivity index (χ3n) is 5.84. The molecule has 0 aliphatic heterocycles. The van der Waals surface area contributed by atoms with Crippen LogP contribution < -0.4 is 0 Å². The van der Waals surface area contributed by atoms with Gasteiger partial charge in [0.25, 0.3) is 0 Å². The maximum absolute atomic E-state index is 15.2. The van der Waals surface area contributed by atoms with Crippen LogP contribution >= 0.6 is 0 Å². The summed E-state index contributed by atoms with van der Waals surface area (Å²) in [5, 5.41) is 0. The Balaban J connectivity index is 1.81. The van der Waals surface area contributed by atoms with E-state index < -0.39 is 5.82 Å². The summed E-state index contributed by atoms with van der Waals surface area (Å²) in [7, 11) is 0. The van der Waals surface area contributed by atoms with Crippen molar-refractivity contribution in [1.29, 1.82) is 0 Å². The summed E-state index contributed by atoms with van der Waals surface area (Å²) in [6.45, 7) is 4.22. The van der Waals surface area contributed by atoms with Gasteiger partial charge in [-0.25, -0.2) is 4.39 Å². The molecule has 26 heavy (non-hydrogen) atoms. The van der Waals surface area contributed by atoms with E-state index in [0.29, 0.717) is 17.9 Å². The quantitative estimate of drug-likeness (QED) is 0.479. The van der Waals surface area contributed by atoms with E-state index in [0.717, 1.165) is 24.3 Å². The molecule has 2 aromatic rings. The first-order chi connectivity index (χ1) is 14.4. The van der Waals surface area contributed by atoms with E-state index in [1.807, 2.05) is 13.0 Å². The van der Waals surface area contributed by atoms with Crippen molar-refractivity contribution >= 4 is 0 Å². The Morgan fingerprint density at radius 1 is 0.923 bits per heavy atom. The molecule has 0 nitrogen and oxygen atoms in total. The van der Waals surface area contributed by atoms with Crippen molar-refractivity contribution in [2.45, 2.75) is 71.6 Å². The second-order valence-corrected chi connectivity index (χ2v) is 7.72. The second-order valence-electron chi connectivity index (χ2n) is 7.72. The third-order valence-corrected chi connectivity index (χ3v) is 5.84. The van der Waals surface area contributed by atoms with Crippen LogP contribution in [0.2, 0.25) is 0 Å². The summed E-state index contributed by atoms with van der Waals surface area (Å²) in [4.78, 5) is 0. The number of benzene rings is 2. The van der Waals surface area contributed by atoms with E-state index >= 15 is 4.39 Å². The minimum absolute atomic E-state index is 0.0602. The van der Waals surface area contributed by atoms with Crippen LogP contribution in [0.15, 0.2) is 42.4 Å². The largest absolute Gasteiger partial charge is 0.206 e. The summed E-state index contributed by atoms with van der Waals surface area (Å²) in [5.41, 5.74) is 1.52. The predicted molar refractivity (Wildman–Crippen MR) is 110 cm³/mol. The van der Waals surface area contributed by atoms with Gasteiger partial charge in [-0.3, -0.25) is 0 Å². The highest BCUT2D eigenvalue weighted by Crippen LogP contribution is 2.34. The molecule has 1 fully saturated rings. The molecule has 0 spiro atoms. The Morgan fingerprint density at radius 2 is 1.65 bits per heavy atom. The van der Waals surface area contributed by atoms with E-state index in [2.05, 4.69) is 6.92 Å². The van der Waals surface area contributed by atoms with Crippen molar-refractivity contribution in [2.75, 3.05) is 0 Å². The van der Waals surface area contributed by atoms with Gasteiger partial charge in [-0.1, -0.05) is 88.7 Å². The van der Waals surface area contributed by atoms with Gasteiger partial charge in [0.05, 0.1) is 5.48 Å². The van der Waals surface area contributed by atoms with Crippen LogP contribution in [-0.4, -0.2) is 0 Å². The molecule has 2 aromatic carbocycles. The van der Waals surface area contributed by atoms with Gasteiger partial charge < -0.3 is 0 Å². The summed E-state index contributed by atoms with van der Waals surface area (Å²) in [6, 6.07) is 4.73. The zero-order chi connectivity index (χ0) is 21.8. The summed E-state index contributed by atoms with van der Waals surface area (Å²) in [6.07, 6.45) is 9.47. The molecular weight excluding hydrogens is 319 g/mol. The van der Waals surface area contributed by atoms with E-state index in [9.17, 15) is 0 Å². The van der Waals surface area contributed by atoms with Crippen LogP contribution in [0.5, 0.6) is 0 Å². The lowest BCUT2D eigenvalue weighted by Crippen LogP contribution is -2.15. The van der Waals surface area contributed by atoms with Crippen LogP contribution in [0.3, 0.4) is 0 Å². The fraction of sp³-hybridized carbons (Fsp3) is 0.520. The number of hydrogen-bond acceptors (Lipinski definition) is 0. The monoisotopic (exact) mass is 356 g/mol. The Labute approximate surface area is 164 Å². The van der Waals surface area contributed by atoms with Crippen molar-refractivity contribution in [1.82, 2.24) is 0 Å². The Bertz CT molecular complexity index is 856. The van der Waals surface area contributed by atoms with Gasteiger partial charge in [-0.15, -0.1) is 0 Å². The fourth-order valence-corrected chi connectivity index (χ4v) is 4.13. The average Bonchev–Trinajstić information content (AvgIpc) is 2.74. The van der Waals surface area contributed by atoms with Crippen molar-refractivity contribution in [2.24, 2.45) is 11.8 Å². The summed E-state index contributed by atoms with van der Waals surface area (Å²) >= 11 is 0. The maximum Gasteiger partial charge on any atom is 0.131 e. The number of hydrogen-bond donors (Lipinski definition) is 0. The molecule has 3 rings (SSSR count). The van der Waals surface area contributed by atoms with Crippen molar-refractivity contribution in [3.8, 4) is 11.1 Å². The molecule has 1 aliphatic carbocycles. The molecule has 0 saturated heterocycles. The highest BCUT2D eigenvalue weighted by Gasteiger charge is 2.20. The first-order valence-corrected chi connectivity index (χ1v) is 10.2. The second kappa shape index (κ2) is 9.35. The van der Waals surface area contributed by atoms with E-state index in [1.165, 1.54) is 38.5 Å². The van der Waals surface area contributed by atoms with E-state index in [-0.39, 0.29) is 35.3 Å². The lowest BCUT2D eigenvalue weighted by atomic mass is 9.78. The van der Waals surface area contributed by atoms with Gasteiger partial charge in [0.2, 0.25) is 0 Å². The van der Waals surface area contributed by atoms with Crippen molar-refractivity contribution in [3.05, 3.63) is 59.3 Å². The fourth-order valence-electron chi connectivity index (χ4n) is 4.13. The van der Waals surface area contributed by atoms with Gasteiger partial charge in [0.15, 0.2) is 0 Å². The molecule has 0 amide bonds. The van der Waals surface area contributed by atoms with Gasteiger partial charge >= 0.3 is 0 Å². The molecule has 0 N–H and O–H groups in total. The molecule has 1 heteroatoms.